The fourth-order valence-electron chi connectivity index (χ4n) is 4.70. The zero-order chi connectivity index (χ0) is 23.2. The number of fused-ring (bicyclic) bond motifs is 3. The lowest BCUT2D eigenvalue weighted by atomic mass is 9.84. The van der Waals surface area contributed by atoms with Gasteiger partial charge < -0.3 is 19.5 Å². The van der Waals surface area contributed by atoms with Crippen molar-refractivity contribution in [1.29, 1.82) is 0 Å². The van der Waals surface area contributed by atoms with Crippen molar-refractivity contribution < 1.29 is 18.6 Å². The maximum Gasteiger partial charge on any atom is 0.226 e. The van der Waals surface area contributed by atoms with Crippen LogP contribution in [0, 0.1) is 5.82 Å². The van der Waals surface area contributed by atoms with E-state index in [2.05, 4.69) is 15.4 Å². The highest BCUT2D eigenvalue weighted by molar-refractivity contribution is 5.85. The molecule has 1 N–H and O–H groups in total. The summed E-state index contributed by atoms with van der Waals surface area (Å²) in [7, 11) is 3.19. The molecular weight excluding hydrogens is 435 g/mol. The summed E-state index contributed by atoms with van der Waals surface area (Å²) in [6.07, 6.45) is 0.923. The minimum Gasteiger partial charge on any atom is -0.493 e. The van der Waals surface area contributed by atoms with Crippen molar-refractivity contribution in [3.05, 3.63) is 101 Å². The summed E-state index contributed by atoms with van der Waals surface area (Å²) >= 11 is 0. The minimum atomic E-state index is -0.568. The van der Waals surface area contributed by atoms with Crippen LogP contribution in [-0.2, 0) is 0 Å². The van der Waals surface area contributed by atoms with Gasteiger partial charge in [0.05, 0.1) is 19.9 Å². The number of nitrogens with one attached hydrogen (secondary N) is 1. The molecule has 8 heteroatoms. The summed E-state index contributed by atoms with van der Waals surface area (Å²) in [4.78, 5) is 4.38. The molecule has 6 rings (SSSR count). The first-order valence-electron chi connectivity index (χ1n) is 10.8. The van der Waals surface area contributed by atoms with Gasteiger partial charge in [0.1, 0.15) is 30.0 Å². The van der Waals surface area contributed by atoms with Crippen molar-refractivity contribution >= 4 is 11.6 Å². The van der Waals surface area contributed by atoms with E-state index in [0.29, 0.717) is 28.8 Å². The van der Waals surface area contributed by atoms with Crippen LogP contribution in [0.4, 0.5) is 10.3 Å². The van der Waals surface area contributed by atoms with Crippen LogP contribution in [0.15, 0.2) is 78.6 Å². The van der Waals surface area contributed by atoms with E-state index >= 15 is 4.39 Å². The molecule has 170 valence electrons. The lowest BCUT2D eigenvalue weighted by molar-refractivity contribution is 0.221. The number of hydrogen-bond acceptors (Lipinski definition) is 6. The zero-order valence-electron chi connectivity index (χ0n) is 18.5. The summed E-state index contributed by atoms with van der Waals surface area (Å²) in [5.41, 5.74) is 3.86. The molecule has 34 heavy (non-hydrogen) atoms. The number of para-hydroxylation sites is 1. The molecule has 4 aromatic rings. The fourth-order valence-corrected chi connectivity index (χ4v) is 4.70. The van der Waals surface area contributed by atoms with E-state index in [4.69, 9.17) is 14.2 Å². The van der Waals surface area contributed by atoms with Gasteiger partial charge >= 0.3 is 0 Å². The Hall–Kier alpha value is -4.33. The Bertz CT molecular complexity index is 1430. The monoisotopic (exact) mass is 456 g/mol. The highest BCUT2D eigenvalue weighted by atomic mass is 19.1. The lowest BCUT2D eigenvalue weighted by Gasteiger charge is -2.39. The molecule has 7 nitrogen and oxygen atoms in total. The van der Waals surface area contributed by atoms with Crippen LogP contribution in [0.3, 0.4) is 0 Å². The second-order valence-electron chi connectivity index (χ2n) is 8.02. The molecule has 2 aliphatic heterocycles. The molecule has 0 bridgehead atoms. The molecule has 0 fully saturated rings. The van der Waals surface area contributed by atoms with Crippen molar-refractivity contribution in [2.75, 3.05) is 19.5 Å². The first-order valence-corrected chi connectivity index (χ1v) is 10.8. The van der Waals surface area contributed by atoms with Gasteiger partial charge in [0.15, 0.2) is 11.5 Å². The summed E-state index contributed by atoms with van der Waals surface area (Å²) in [5, 5.41) is 7.85. The van der Waals surface area contributed by atoms with E-state index < -0.39 is 12.1 Å². The third kappa shape index (κ3) is 3.02. The standard InChI is InChI=1S/C26H21FN4O3/c1-32-20-12-11-15(13-21(20)33-2)25-22-23(17-8-4-6-10-19(17)34-25)30-26-28-14-29-31(26)24(22)16-7-3-5-9-18(16)27/h3-14,24-25H,1-2H3,(H,28,29,30)/t24-,25+/m1/s1. The Balaban J connectivity index is 1.62. The van der Waals surface area contributed by atoms with Gasteiger partial charge in [-0.1, -0.05) is 36.4 Å². The number of nitrogens with zero attached hydrogens (tertiary/aromatic N) is 3. The van der Waals surface area contributed by atoms with Gasteiger partial charge in [-0.25, -0.2) is 9.07 Å². The van der Waals surface area contributed by atoms with Crippen LogP contribution < -0.4 is 19.5 Å². The van der Waals surface area contributed by atoms with Gasteiger partial charge in [0, 0.05) is 22.3 Å². The third-order valence-electron chi connectivity index (χ3n) is 6.23. The van der Waals surface area contributed by atoms with E-state index in [-0.39, 0.29) is 5.82 Å². The average Bonchev–Trinajstić information content (AvgIpc) is 3.35. The Morgan fingerprint density at radius 3 is 2.59 bits per heavy atom. The minimum absolute atomic E-state index is 0.326. The van der Waals surface area contributed by atoms with Gasteiger partial charge in [-0.05, 0) is 30.3 Å². The molecule has 1 aromatic heterocycles. The Kier molecular flexibility index (Phi) is 4.72. The Labute approximate surface area is 195 Å². The highest BCUT2D eigenvalue weighted by Gasteiger charge is 2.41. The lowest BCUT2D eigenvalue weighted by Crippen LogP contribution is -2.32. The number of ether oxygens (including phenoxy) is 3. The predicted molar refractivity (Wildman–Crippen MR) is 124 cm³/mol. The van der Waals surface area contributed by atoms with Gasteiger partial charge in [0.2, 0.25) is 5.95 Å². The summed E-state index contributed by atoms with van der Waals surface area (Å²) in [5.74, 6) is 2.12. The van der Waals surface area contributed by atoms with Crippen LogP contribution >= 0.6 is 0 Å². The van der Waals surface area contributed by atoms with Crippen LogP contribution in [0.2, 0.25) is 0 Å². The van der Waals surface area contributed by atoms with Gasteiger partial charge in [-0.2, -0.15) is 10.1 Å². The highest BCUT2D eigenvalue weighted by Crippen LogP contribution is 2.51. The number of anilines is 1. The van der Waals surface area contributed by atoms with E-state index in [1.54, 1.807) is 31.0 Å². The van der Waals surface area contributed by atoms with Crippen molar-refractivity contribution in [1.82, 2.24) is 14.8 Å². The normalized spacial score (nSPS) is 18.2. The van der Waals surface area contributed by atoms with E-state index in [1.807, 2.05) is 48.5 Å². The van der Waals surface area contributed by atoms with E-state index in [9.17, 15) is 0 Å². The number of halogens is 1. The van der Waals surface area contributed by atoms with Gasteiger partial charge in [0.25, 0.3) is 0 Å². The molecule has 0 saturated heterocycles. The quantitative estimate of drug-likeness (QED) is 0.466. The third-order valence-corrected chi connectivity index (χ3v) is 6.23. The number of methoxy groups -OCH3 is 2. The van der Waals surface area contributed by atoms with E-state index in [0.717, 1.165) is 22.4 Å². The SMILES string of the molecule is COc1ccc([C@@H]2Oc3ccccc3C3=C2[C@@H](c2ccccc2F)n2ncnc2N3)cc1OC. The number of benzene rings is 3. The van der Waals surface area contributed by atoms with Crippen molar-refractivity contribution in [2.45, 2.75) is 12.1 Å². The predicted octanol–water partition coefficient (Wildman–Crippen LogP) is 4.99. The molecule has 0 radical (unpaired) electrons. The molecular formula is C26H21FN4O3. The molecule has 0 amide bonds. The van der Waals surface area contributed by atoms with Crippen molar-refractivity contribution in [3.63, 3.8) is 0 Å². The number of aromatic nitrogens is 3. The van der Waals surface area contributed by atoms with Crippen LogP contribution in [0.5, 0.6) is 17.2 Å². The van der Waals surface area contributed by atoms with Gasteiger partial charge in [-0.15, -0.1) is 0 Å². The fraction of sp³-hybridized carbons (Fsp3) is 0.154. The summed E-state index contributed by atoms with van der Waals surface area (Å²) in [6.45, 7) is 0. The van der Waals surface area contributed by atoms with Gasteiger partial charge in [-0.3, -0.25) is 0 Å². The zero-order valence-corrected chi connectivity index (χ0v) is 18.5. The number of hydrogen-bond donors (Lipinski definition) is 1. The largest absolute Gasteiger partial charge is 0.493 e. The summed E-state index contributed by atoms with van der Waals surface area (Å²) < 4.78 is 34.4. The molecule has 0 unspecified atom stereocenters. The second kappa shape index (κ2) is 7.91. The molecule has 3 heterocycles. The van der Waals surface area contributed by atoms with Crippen molar-refractivity contribution in [2.24, 2.45) is 0 Å². The molecule has 2 aliphatic rings. The molecule has 0 saturated carbocycles. The summed E-state index contributed by atoms with van der Waals surface area (Å²) in [6, 6.07) is 19.6. The first kappa shape index (κ1) is 20.3. The van der Waals surface area contributed by atoms with E-state index in [1.165, 1.54) is 12.4 Å². The maximum absolute atomic E-state index is 15.2. The first-order chi connectivity index (χ1) is 16.7. The second-order valence-corrected chi connectivity index (χ2v) is 8.02. The molecule has 2 atom stereocenters. The topological polar surface area (TPSA) is 70.4 Å². The van der Waals surface area contributed by atoms with Crippen LogP contribution in [0.25, 0.3) is 5.70 Å². The maximum atomic E-state index is 15.2. The molecule has 0 aliphatic carbocycles. The Morgan fingerprint density at radius 1 is 0.971 bits per heavy atom. The number of rotatable bonds is 4. The molecule has 0 spiro atoms. The smallest absolute Gasteiger partial charge is 0.226 e. The van der Waals surface area contributed by atoms with Crippen LogP contribution in [0.1, 0.15) is 28.8 Å². The molecule has 3 aromatic carbocycles. The average molecular weight is 456 g/mol. The van der Waals surface area contributed by atoms with Crippen molar-refractivity contribution in [3.8, 4) is 17.2 Å². The Morgan fingerprint density at radius 2 is 1.76 bits per heavy atom. The van der Waals surface area contributed by atoms with Crippen LogP contribution in [-0.4, -0.2) is 29.0 Å².